The lowest BCUT2D eigenvalue weighted by molar-refractivity contribution is 0.101. The number of piperidine rings is 1. The van der Waals surface area contributed by atoms with E-state index in [1.54, 1.807) is 19.2 Å². The number of ketones is 1. The number of aromatic nitrogens is 2. The van der Waals surface area contributed by atoms with Gasteiger partial charge in [0, 0.05) is 44.6 Å². The third-order valence-corrected chi connectivity index (χ3v) is 5.53. The number of amides is 1. The molecule has 1 saturated carbocycles. The van der Waals surface area contributed by atoms with E-state index in [4.69, 9.17) is 4.74 Å². The minimum absolute atomic E-state index is 0.0749. The summed E-state index contributed by atoms with van der Waals surface area (Å²) in [5.74, 6) is 0.934. The van der Waals surface area contributed by atoms with Gasteiger partial charge in [0.2, 0.25) is 5.95 Å². The number of alkyl carbamates (subject to hydrolysis) is 1. The molecule has 2 atom stereocenters. The number of benzene rings is 1. The van der Waals surface area contributed by atoms with Crippen molar-refractivity contribution < 1.29 is 14.3 Å². The lowest BCUT2D eigenvalue weighted by atomic mass is 10.0. The Labute approximate surface area is 156 Å². The number of hydrogen-bond donors (Lipinski definition) is 1. The fraction of sp³-hybridized carbons (Fsp3) is 0.474. The molecule has 2 aromatic rings. The molecule has 2 aliphatic rings. The molecule has 1 aliphatic heterocycles. The number of fused-ring (bicyclic) bond motifs is 2. The molecule has 1 aromatic heterocycles. The first-order valence-corrected chi connectivity index (χ1v) is 8.97. The van der Waals surface area contributed by atoms with Crippen molar-refractivity contribution in [2.75, 3.05) is 25.0 Å². The molecule has 1 aromatic carbocycles. The number of aryl methyl sites for hydroxylation is 1. The van der Waals surface area contributed by atoms with Gasteiger partial charge in [-0.25, -0.2) is 9.78 Å². The largest absolute Gasteiger partial charge is 0.445 e. The van der Waals surface area contributed by atoms with Gasteiger partial charge in [0.1, 0.15) is 6.10 Å². The summed E-state index contributed by atoms with van der Waals surface area (Å²) in [7, 11) is 3.23. The molecular weight excluding hydrogens is 348 g/mol. The van der Waals surface area contributed by atoms with E-state index in [-0.39, 0.29) is 29.3 Å². The molecule has 0 bridgehead atoms. The fourth-order valence-corrected chi connectivity index (χ4v) is 4.05. The summed E-state index contributed by atoms with van der Waals surface area (Å²) in [5.41, 5.74) is 1.61. The summed E-state index contributed by atoms with van der Waals surface area (Å²) in [6.45, 7) is 4.68. The number of carbonyl (C=O) groups is 2. The van der Waals surface area contributed by atoms with Gasteiger partial charge in [-0.1, -0.05) is 0 Å². The van der Waals surface area contributed by atoms with Crippen LogP contribution in [-0.2, 0) is 11.8 Å². The van der Waals surface area contributed by atoms with Crippen molar-refractivity contribution in [2.24, 2.45) is 18.9 Å². The highest BCUT2D eigenvalue weighted by Gasteiger charge is 2.59. The monoisotopic (exact) mass is 370 g/mol. The number of anilines is 1. The van der Waals surface area contributed by atoms with Crippen LogP contribution in [0.3, 0.4) is 0 Å². The molecular formula is C19H22N4O4. The zero-order valence-corrected chi connectivity index (χ0v) is 15.8. The SMILES string of the molecule is CNC(=O)OC1C2CN(c3nc4c(C(C)=O)cc(C)cc4c(=O)n3C)CC21. The highest BCUT2D eigenvalue weighted by atomic mass is 16.6. The molecule has 0 spiro atoms. The Balaban J connectivity index is 1.68. The van der Waals surface area contributed by atoms with E-state index in [0.717, 1.165) is 5.56 Å². The molecule has 0 radical (unpaired) electrons. The maximum absolute atomic E-state index is 12.9. The van der Waals surface area contributed by atoms with Crippen LogP contribution in [0.2, 0.25) is 0 Å². The van der Waals surface area contributed by atoms with Gasteiger partial charge in [0.25, 0.3) is 5.56 Å². The molecule has 2 unspecified atom stereocenters. The van der Waals surface area contributed by atoms with Crippen molar-refractivity contribution in [3.63, 3.8) is 0 Å². The Kier molecular flexibility index (Phi) is 3.94. The maximum atomic E-state index is 12.9. The number of hydrogen-bond acceptors (Lipinski definition) is 6. The molecule has 2 heterocycles. The highest BCUT2D eigenvalue weighted by molar-refractivity contribution is 6.05. The normalized spacial score (nSPS) is 23.3. The second kappa shape index (κ2) is 6.07. The molecule has 27 heavy (non-hydrogen) atoms. The molecule has 8 heteroatoms. The van der Waals surface area contributed by atoms with Crippen molar-refractivity contribution in [3.05, 3.63) is 33.6 Å². The lowest BCUT2D eigenvalue weighted by Gasteiger charge is -2.23. The Morgan fingerprint density at radius 3 is 2.52 bits per heavy atom. The first-order valence-electron chi connectivity index (χ1n) is 8.97. The van der Waals surface area contributed by atoms with E-state index in [2.05, 4.69) is 10.3 Å². The van der Waals surface area contributed by atoms with Crippen molar-refractivity contribution >= 4 is 28.7 Å². The molecule has 4 rings (SSSR count). The Hall–Kier alpha value is -2.90. The van der Waals surface area contributed by atoms with E-state index >= 15 is 0 Å². The number of ether oxygens (including phenoxy) is 1. The third kappa shape index (κ3) is 2.75. The van der Waals surface area contributed by atoms with Crippen molar-refractivity contribution in [3.8, 4) is 0 Å². The first-order chi connectivity index (χ1) is 12.8. The van der Waals surface area contributed by atoms with Crippen LogP contribution in [0.25, 0.3) is 10.9 Å². The molecule has 1 aliphatic carbocycles. The quantitative estimate of drug-likeness (QED) is 0.817. The Morgan fingerprint density at radius 2 is 1.93 bits per heavy atom. The van der Waals surface area contributed by atoms with Gasteiger partial charge >= 0.3 is 6.09 Å². The number of carbonyl (C=O) groups excluding carboxylic acids is 2. The van der Waals surface area contributed by atoms with Crippen LogP contribution in [0.1, 0.15) is 22.8 Å². The average Bonchev–Trinajstić information content (AvgIpc) is 3.06. The van der Waals surface area contributed by atoms with Crippen LogP contribution in [0.4, 0.5) is 10.7 Å². The Morgan fingerprint density at radius 1 is 1.26 bits per heavy atom. The molecule has 142 valence electrons. The van der Waals surface area contributed by atoms with E-state index in [1.165, 1.54) is 18.5 Å². The van der Waals surface area contributed by atoms with Crippen LogP contribution in [0, 0.1) is 18.8 Å². The Bertz CT molecular complexity index is 1020. The minimum Gasteiger partial charge on any atom is -0.445 e. The van der Waals surface area contributed by atoms with E-state index in [9.17, 15) is 14.4 Å². The topological polar surface area (TPSA) is 93.5 Å². The summed E-state index contributed by atoms with van der Waals surface area (Å²) >= 11 is 0. The van der Waals surface area contributed by atoms with Crippen LogP contribution < -0.4 is 15.8 Å². The third-order valence-electron chi connectivity index (χ3n) is 5.53. The molecule has 1 saturated heterocycles. The van der Waals surface area contributed by atoms with E-state index in [1.807, 2.05) is 11.8 Å². The average molecular weight is 370 g/mol. The summed E-state index contributed by atoms with van der Waals surface area (Å²) in [6, 6.07) is 3.55. The predicted octanol–water partition coefficient (Wildman–Crippen LogP) is 1.24. The van der Waals surface area contributed by atoms with Crippen LogP contribution in [-0.4, -0.2) is 47.7 Å². The lowest BCUT2D eigenvalue weighted by Crippen LogP contribution is -2.34. The summed E-state index contributed by atoms with van der Waals surface area (Å²) in [4.78, 5) is 43.0. The second-order valence-electron chi connectivity index (χ2n) is 7.39. The van der Waals surface area contributed by atoms with Gasteiger partial charge in [-0.15, -0.1) is 0 Å². The van der Waals surface area contributed by atoms with E-state index < -0.39 is 6.09 Å². The van der Waals surface area contributed by atoms with Gasteiger partial charge in [-0.3, -0.25) is 14.2 Å². The predicted molar refractivity (Wildman–Crippen MR) is 100 cm³/mol. The van der Waals surface area contributed by atoms with Gasteiger partial charge in [0.05, 0.1) is 10.9 Å². The number of nitrogens with zero attached hydrogens (tertiary/aromatic N) is 3. The number of Topliss-reactive ketones (excluding diaryl/α,β-unsaturated/α-hetero) is 1. The van der Waals surface area contributed by atoms with Crippen LogP contribution in [0.5, 0.6) is 0 Å². The minimum atomic E-state index is -0.418. The summed E-state index contributed by atoms with van der Waals surface area (Å²) in [6.07, 6.45) is -0.493. The number of rotatable bonds is 3. The molecule has 1 N–H and O–H groups in total. The number of nitrogens with one attached hydrogen (secondary N) is 1. The standard InChI is InChI=1S/C19H22N4O4/c1-9-5-11(10(2)24)15-12(6-9)17(25)22(4)18(21-15)23-7-13-14(8-23)16(13)27-19(26)20-3/h5-6,13-14,16H,7-8H2,1-4H3,(H,20,26). The van der Waals surface area contributed by atoms with Crippen LogP contribution in [0.15, 0.2) is 16.9 Å². The van der Waals surface area contributed by atoms with Crippen molar-refractivity contribution in [2.45, 2.75) is 20.0 Å². The summed E-state index contributed by atoms with van der Waals surface area (Å²) < 4.78 is 6.87. The molecule has 8 nitrogen and oxygen atoms in total. The second-order valence-corrected chi connectivity index (χ2v) is 7.39. The van der Waals surface area contributed by atoms with Crippen molar-refractivity contribution in [1.29, 1.82) is 0 Å². The van der Waals surface area contributed by atoms with E-state index in [0.29, 0.717) is 35.5 Å². The van der Waals surface area contributed by atoms with Gasteiger partial charge in [-0.05, 0) is 31.5 Å². The fourth-order valence-electron chi connectivity index (χ4n) is 4.05. The van der Waals surface area contributed by atoms with Gasteiger partial charge in [-0.2, -0.15) is 0 Å². The molecule has 2 fully saturated rings. The zero-order valence-electron chi connectivity index (χ0n) is 15.8. The van der Waals surface area contributed by atoms with Gasteiger partial charge in [0.15, 0.2) is 5.78 Å². The summed E-state index contributed by atoms with van der Waals surface area (Å²) in [5, 5.41) is 2.92. The first kappa shape index (κ1) is 17.5. The maximum Gasteiger partial charge on any atom is 0.407 e. The van der Waals surface area contributed by atoms with Crippen molar-refractivity contribution in [1.82, 2.24) is 14.9 Å². The highest BCUT2D eigenvalue weighted by Crippen LogP contribution is 2.48. The van der Waals surface area contributed by atoms with Gasteiger partial charge < -0.3 is 15.0 Å². The molecule has 1 amide bonds. The smallest absolute Gasteiger partial charge is 0.407 e. The van der Waals surface area contributed by atoms with Crippen LogP contribution >= 0.6 is 0 Å². The zero-order chi connectivity index (χ0) is 19.5.